The average molecular weight is 368 g/mol. The van der Waals surface area contributed by atoms with Crippen LogP contribution >= 0.6 is 0 Å². The molecule has 2 atom stereocenters. The number of carbonyl (C=O) groups is 1. The second-order valence-corrected chi connectivity index (χ2v) is 8.93. The van der Waals surface area contributed by atoms with Gasteiger partial charge in [0.05, 0.1) is 4.90 Å². The number of hydrogen-bond donors (Lipinski definition) is 2. The van der Waals surface area contributed by atoms with Gasteiger partial charge in [-0.2, -0.15) is 0 Å². The van der Waals surface area contributed by atoms with Crippen LogP contribution in [0, 0.1) is 11.8 Å². The predicted molar refractivity (Wildman–Crippen MR) is 99.0 cm³/mol. The molecule has 0 radical (unpaired) electrons. The fraction of sp³-hybridized carbons (Fsp3) is 0.611. The summed E-state index contributed by atoms with van der Waals surface area (Å²) in [7, 11) is -2.11. The van der Waals surface area contributed by atoms with Crippen molar-refractivity contribution in [2.24, 2.45) is 11.8 Å². The van der Waals surface area contributed by atoms with E-state index in [1.54, 1.807) is 0 Å². The number of piperidine rings is 1. The summed E-state index contributed by atoms with van der Waals surface area (Å²) < 4.78 is 25.6. The summed E-state index contributed by atoms with van der Waals surface area (Å²) in [6.07, 6.45) is 2.21. The van der Waals surface area contributed by atoms with Crippen molar-refractivity contribution in [1.29, 1.82) is 0 Å². The minimum atomic E-state index is -3.47. The molecule has 140 valence electrons. The van der Waals surface area contributed by atoms with Gasteiger partial charge in [-0.25, -0.2) is 13.1 Å². The molecule has 2 rings (SSSR count). The largest absolute Gasteiger partial charge is 0.352 e. The molecule has 1 saturated heterocycles. The van der Waals surface area contributed by atoms with Gasteiger partial charge in [-0.15, -0.1) is 0 Å². The van der Waals surface area contributed by atoms with E-state index in [1.165, 1.54) is 37.7 Å². The lowest BCUT2D eigenvalue weighted by molar-refractivity contribution is 0.0947. The summed E-state index contributed by atoms with van der Waals surface area (Å²) in [4.78, 5) is 14.8. The van der Waals surface area contributed by atoms with E-state index in [1.807, 2.05) is 0 Å². The molecular formula is C18H29N3O3S. The van der Waals surface area contributed by atoms with Crippen molar-refractivity contribution in [1.82, 2.24) is 14.9 Å². The monoisotopic (exact) mass is 367 g/mol. The first-order valence-corrected chi connectivity index (χ1v) is 10.3. The molecule has 0 aliphatic carbocycles. The van der Waals surface area contributed by atoms with Gasteiger partial charge in [0.2, 0.25) is 10.0 Å². The molecule has 0 bridgehead atoms. The number of likely N-dealkylation sites (tertiary alicyclic amines) is 1. The third-order valence-electron chi connectivity index (χ3n) is 4.58. The van der Waals surface area contributed by atoms with Crippen molar-refractivity contribution >= 4 is 15.9 Å². The number of rotatable bonds is 7. The number of amides is 1. The average Bonchev–Trinajstić information content (AvgIpc) is 2.58. The van der Waals surface area contributed by atoms with E-state index >= 15 is 0 Å². The van der Waals surface area contributed by atoms with Gasteiger partial charge < -0.3 is 10.2 Å². The van der Waals surface area contributed by atoms with Crippen molar-refractivity contribution in [3.63, 3.8) is 0 Å². The third kappa shape index (κ3) is 5.80. The molecule has 0 spiro atoms. The highest BCUT2D eigenvalue weighted by molar-refractivity contribution is 7.89. The summed E-state index contributed by atoms with van der Waals surface area (Å²) in [5.74, 6) is 1.31. The standard InChI is InChI=1S/C18H29N3O3S/c1-14-11-15(2)13-21(12-14)10-4-9-20-18(22)16-5-7-17(8-6-16)25(23,24)19-3/h5-8,14-15,19H,4,9-13H2,1-3H3,(H,20,22)/t14-,15+. The van der Waals surface area contributed by atoms with Crippen LogP contribution < -0.4 is 10.0 Å². The molecule has 2 N–H and O–H groups in total. The Labute approximate surface area is 151 Å². The van der Waals surface area contributed by atoms with Crippen molar-refractivity contribution in [2.75, 3.05) is 33.2 Å². The number of nitrogens with zero attached hydrogens (tertiary/aromatic N) is 1. The number of sulfonamides is 1. The third-order valence-corrected chi connectivity index (χ3v) is 6.01. The highest BCUT2D eigenvalue weighted by Gasteiger charge is 2.21. The van der Waals surface area contributed by atoms with E-state index in [4.69, 9.17) is 0 Å². The first kappa shape index (κ1) is 19.9. The van der Waals surface area contributed by atoms with E-state index in [2.05, 4.69) is 28.8 Å². The van der Waals surface area contributed by atoms with E-state index in [0.29, 0.717) is 12.1 Å². The van der Waals surface area contributed by atoms with Crippen LogP contribution in [-0.4, -0.2) is 52.5 Å². The Morgan fingerprint density at radius 1 is 1.16 bits per heavy atom. The van der Waals surface area contributed by atoms with Crippen molar-refractivity contribution in [2.45, 2.75) is 31.6 Å². The maximum Gasteiger partial charge on any atom is 0.251 e. The summed E-state index contributed by atoms with van der Waals surface area (Å²) in [6, 6.07) is 5.95. The lowest BCUT2D eigenvalue weighted by atomic mass is 9.92. The normalized spacial score (nSPS) is 21.9. The van der Waals surface area contributed by atoms with Gasteiger partial charge in [-0.1, -0.05) is 13.8 Å². The molecule has 1 aromatic carbocycles. The van der Waals surface area contributed by atoms with E-state index < -0.39 is 10.0 Å². The molecule has 6 nitrogen and oxygen atoms in total. The summed E-state index contributed by atoms with van der Waals surface area (Å²) in [5.41, 5.74) is 0.468. The van der Waals surface area contributed by atoms with Crippen LogP contribution in [0.3, 0.4) is 0 Å². The van der Waals surface area contributed by atoms with Crippen molar-refractivity contribution in [3.05, 3.63) is 29.8 Å². The van der Waals surface area contributed by atoms with Crippen LogP contribution in [0.1, 0.15) is 37.0 Å². The zero-order valence-electron chi connectivity index (χ0n) is 15.3. The highest BCUT2D eigenvalue weighted by Crippen LogP contribution is 2.20. The van der Waals surface area contributed by atoms with Crippen molar-refractivity contribution < 1.29 is 13.2 Å². The van der Waals surface area contributed by atoms with E-state index in [-0.39, 0.29) is 10.8 Å². The Kier molecular flexibility index (Phi) is 6.98. The fourth-order valence-corrected chi connectivity index (χ4v) is 4.21. The second kappa shape index (κ2) is 8.78. The number of nitrogens with one attached hydrogen (secondary N) is 2. The Morgan fingerprint density at radius 2 is 1.76 bits per heavy atom. The Morgan fingerprint density at radius 3 is 2.32 bits per heavy atom. The van der Waals surface area contributed by atoms with Gasteiger partial charge in [0.15, 0.2) is 0 Å². The van der Waals surface area contributed by atoms with Crippen LogP contribution in [0.25, 0.3) is 0 Å². The van der Waals surface area contributed by atoms with E-state index in [9.17, 15) is 13.2 Å². The van der Waals surface area contributed by atoms with Gasteiger partial charge in [0.25, 0.3) is 5.91 Å². The molecule has 1 aliphatic heterocycles. The van der Waals surface area contributed by atoms with Gasteiger partial charge in [-0.05, 0) is 62.5 Å². The number of carbonyl (C=O) groups excluding carboxylic acids is 1. The molecule has 1 fully saturated rings. The lowest BCUT2D eigenvalue weighted by Gasteiger charge is -2.34. The van der Waals surface area contributed by atoms with Crippen LogP contribution in [0.2, 0.25) is 0 Å². The van der Waals surface area contributed by atoms with Crippen LogP contribution in [0.4, 0.5) is 0 Å². The Hall–Kier alpha value is -1.44. The molecule has 1 aliphatic rings. The maximum atomic E-state index is 12.1. The zero-order valence-corrected chi connectivity index (χ0v) is 16.1. The smallest absolute Gasteiger partial charge is 0.251 e. The molecule has 25 heavy (non-hydrogen) atoms. The molecule has 1 aromatic rings. The molecular weight excluding hydrogens is 338 g/mol. The fourth-order valence-electron chi connectivity index (χ4n) is 3.48. The van der Waals surface area contributed by atoms with Crippen LogP contribution in [0.15, 0.2) is 29.2 Å². The zero-order chi connectivity index (χ0) is 18.4. The maximum absolute atomic E-state index is 12.1. The molecule has 0 unspecified atom stereocenters. The van der Waals surface area contributed by atoms with Crippen LogP contribution in [-0.2, 0) is 10.0 Å². The summed E-state index contributed by atoms with van der Waals surface area (Å²) in [6.45, 7) is 8.48. The number of benzene rings is 1. The molecule has 1 heterocycles. The topological polar surface area (TPSA) is 78.5 Å². The van der Waals surface area contributed by atoms with Crippen molar-refractivity contribution in [3.8, 4) is 0 Å². The Bertz CT molecular complexity index is 663. The predicted octanol–water partition coefficient (Wildman–Crippen LogP) is 1.69. The first-order chi connectivity index (χ1) is 11.8. The lowest BCUT2D eigenvalue weighted by Crippen LogP contribution is -2.40. The molecule has 1 amide bonds. The van der Waals surface area contributed by atoms with Crippen LogP contribution in [0.5, 0.6) is 0 Å². The summed E-state index contributed by atoms with van der Waals surface area (Å²) in [5, 5.41) is 2.90. The van der Waals surface area contributed by atoms with Gasteiger partial charge in [0, 0.05) is 25.2 Å². The molecule has 0 aromatic heterocycles. The SMILES string of the molecule is CNS(=O)(=O)c1ccc(C(=O)NCCCN2C[C@H](C)C[C@H](C)C2)cc1. The summed E-state index contributed by atoms with van der Waals surface area (Å²) >= 11 is 0. The quantitative estimate of drug-likeness (QED) is 0.719. The minimum absolute atomic E-state index is 0.153. The van der Waals surface area contributed by atoms with E-state index in [0.717, 1.165) is 37.9 Å². The number of hydrogen-bond acceptors (Lipinski definition) is 4. The van der Waals surface area contributed by atoms with Gasteiger partial charge in [-0.3, -0.25) is 4.79 Å². The Balaban J connectivity index is 1.77. The highest BCUT2D eigenvalue weighted by atomic mass is 32.2. The van der Waals surface area contributed by atoms with Gasteiger partial charge >= 0.3 is 0 Å². The molecule has 0 saturated carbocycles. The molecule has 7 heteroatoms. The first-order valence-electron chi connectivity index (χ1n) is 8.86. The van der Waals surface area contributed by atoms with Gasteiger partial charge in [0.1, 0.15) is 0 Å². The second-order valence-electron chi connectivity index (χ2n) is 7.05. The minimum Gasteiger partial charge on any atom is -0.352 e.